The second-order valence-electron chi connectivity index (χ2n) is 4.78. The van der Waals surface area contributed by atoms with E-state index in [1.54, 1.807) is 6.20 Å². The molecular formula is C12H17N5. The fourth-order valence-electron chi connectivity index (χ4n) is 2.05. The van der Waals surface area contributed by atoms with E-state index in [1.165, 1.54) is 6.20 Å². The summed E-state index contributed by atoms with van der Waals surface area (Å²) in [5, 5.41) is 15.5. The van der Waals surface area contributed by atoms with Gasteiger partial charge in [-0.05, 0) is 31.3 Å². The predicted molar refractivity (Wildman–Crippen MR) is 65.4 cm³/mol. The van der Waals surface area contributed by atoms with Gasteiger partial charge in [-0.15, -0.1) is 0 Å². The van der Waals surface area contributed by atoms with Crippen LogP contribution in [0.25, 0.3) is 0 Å². The molecule has 1 aromatic heterocycles. The van der Waals surface area contributed by atoms with Gasteiger partial charge in [-0.25, -0.2) is 9.97 Å². The Bertz CT molecular complexity index is 417. The van der Waals surface area contributed by atoms with Crippen molar-refractivity contribution in [2.45, 2.75) is 19.8 Å². The van der Waals surface area contributed by atoms with Crippen molar-refractivity contribution in [2.75, 3.05) is 25.0 Å². The van der Waals surface area contributed by atoms with Gasteiger partial charge < -0.3 is 10.6 Å². The molecule has 5 nitrogen and oxygen atoms in total. The van der Waals surface area contributed by atoms with Crippen molar-refractivity contribution in [3.63, 3.8) is 0 Å². The van der Waals surface area contributed by atoms with Crippen molar-refractivity contribution >= 4 is 5.82 Å². The minimum absolute atomic E-state index is 0.273. The Morgan fingerprint density at radius 2 is 2.12 bits per heavy atom. The molecule has 1 fully saturated rings. The van der Waals surface area contributed by atoms with E-state index in [0.717, 1.165) is 32.5 Å². The molecule has 0 amide bonds. The lowest BCUT2D eigenvalue weighted by Gasteiger charge is -2.34. The highest BCUT2D eigenvalue weighted by atomic mass is 15.0. The monoisotopic (exact) mass is 231 g/mol. The predicted octanol–water partition coefficient (Wildman–Crippen LogP) is 1.15. The number of rotatable bonds is 3. The van der Waals surface area contributed by atoms with Crippen LogP contribution < -0.4 is 10.6 Å². The number of piperidine rings is 1. The van der Waals surface area contributed by atoms with Gasteiger partial charge in [-0.2, -0.15) is 5.26 Å². The topological polar surface area (TPSA) is 73.6 Å². The summed E-state index contributed by atoms with van der Waals surface area (Å²) in [6, 6.07) is 2.05. The summed E-state index contributed by atoms with van der Waals surface area (Å²) in [4.78, 5) is 8.14. The highest BCUT2D eigenvalue weighted by Gasteiger charge is 2.26. The van der Waals surface area contributed by atoms with E-state index in [9.17, 15) is 0 Å². The van der Waals surface area contributed by atoms with Crippen molar-refractivity contribution in [1.29, 1.82) is 5.26 Å². The molecule has 0 bridgehead atoms. The van der Waals surface area contributed by atoms with Gasteiger partial charge in [0, 0.05) is 18.9 Å². The largest absolute Gasteiger partial charge is 0.367 e. The maximum Gasteiger partial charge on any atom is 0.182 e. The van der Waals surface area contributed by atoms with Crippen LogP contribution in [0.2, 0.25) is 0 Å². The number of hydrogen-bond acceptors (Lipinski definition) is 5. The van der Waals surface area contributed by atoms with E-state index in [-0.39, 0.29) is 5.41 Å². The number of nitrogens with one attached hydrogen (secondary N) is 2. The van der Waals surface area contributed by atoms with Crippen LogP contribution in [0.1, 0.15) is 25.5 Å². The zero-order valence-electron chi connectivity index (χ0n) is 10.0. The van der Waals surface area contributed by atoms with Crippen LogP contribution in [0.5, 0.6) is 0 Å². The van der Waals surface area contributed by atoms with Gasteiger partial charge in [0.1, 0.15) is 6.07 Å². The normalized spacial score (nSPS) is 18.4. The summed E-state index contributed by atoms with van der Waals surface area (Å²) in [7, 11) is 0. The van der Waals surface area contributed by atoms with Crippen LogP contribution in [-0.4, -0.2) is 29.6 Å². The molecule has 1 aromatic rings. The Kier molecular flexibility index (Phi) is 3.55. The Labute approximate surface area is 101 Å². The van der Waals surface area contributed by atoms with E-state index in [4.69, 9.17) is 5.26 Å². The first-order valence-electron chi connectivity index (χ1n) is 5.89. The summed E-state index contributed by atoms with van der Waals surface area (Å²) in [6.45, 7) is 5.22. The Hall–Kier alpha value is -1.67. The van der Waals surface area contributed by atoms with Crippen LogP contribution in [0.4, 0.5) is 5.82 Å². The third-order valence-electron chi connectivity index (χ3n) is 3.30. The van der Waals surface area contributed by atoms with Crippen LogP contribution in [0.15, 0.2) is 12.4 Å². The lowest BCUT2D eigenvalue weighted by atomic mass is 9.81. The van der Waals surface area contributed by atoms with Gasteiger partial charge in [-0.3, -0.25) is 0 Å². The fraction of sp³-hybridized carbons (Fsp3) is 0.583. The van der Waals surface area contributed by atoms with Crippen LogP contribution in [0.3, 0.4) is 0 Å². The number of aromatic nitrogens is 2. The fourth-order valence-corrected chi connectivity index (χ4v) is 2.05. The first kappa shape index (κ1) is 11.8. The third-order valence-corrected chi connectivity index (χ3v) is 3.30. The molecule has 2 N–H and O–H groups in total. The van der Waals surface area contributed by atoms with Crippen molar-refractivity contribution in [2.24, 2.45) is 5.41 Å². The Morgan fingerprint density at radius 3 is 2.82 bits per heavy atom. The van der Waals surface area contributed by atoms with Crippen LogP contribution >= 0.6 is 0 Å². The van der Waals surface area contributed by atoms with E-state index in [1.807, 2.05) is 6.07 Å². The average Bonchev–Trinajstić information content (AvgIpc) is 2.38. The Balaban J connectivity index is 2.00. The summed E-state index contributed by atoms with van der Waals surface area (Å²) in [5.41, 5.74) is 0.639. The second kappa shape index (κ2) is 5.11. The molecule has 5 heteroatoms. The summed E-state index contributed by atoms with van der Waals surface area (Å²) < 4.78 is 0. The molecule has 0 spiro atoms. The first-order valence-corrected chi connectivity index (χ1v) is 5.89. The molecule has 1 aliphatic heterocycles. The second-order valence-corrected chi connectivity index (χ2v) is 4.78. The molecule has 90 valence electrons. The number of hydrogen-bond donors (Lipinski definition) is 2. The van der Waals surface area contributed by atoms with Gasteiger partial charge in [0.25, 0.3) is 0 Å². The zero-order valence-corrected chi connectivity index (χ0v) is 10.0. The first-order chi connectivity index (χ1) is 8.23. The van der Waals surface area contributed by atoms with Crippen molar-refractivity contribution in [3.05, 3.63) is 18.1 Å². The van der Waals surface area contributed by atoms with Crippen LogP contribution in [-0.2, 0) is 0 Å². The van der Waals surface area contributed by atoms with Gasteiger partial charge in [-0.1, -0.05) is 6.92 Å². The maximum absolute atomic E-state index is 8.92. The molecule has 0 aromatic carbocycles. The summed E-state index contributed by atoms with van der Waals surface area (Å²) in [6.07, 6.45) is 5.42. The molecule has 1 saturated heterocycles. The van der Waals surface area contributed by atoms with Crippen molar-refractivity contribution in [1.82, 2.24) is 15.3 Å². The van der Waals surface area contributed by atoms with E-state index < -0.39 is 0 Å². The van der Waals surface area contributed by atoms with E-state index >= 15 is 0 Å². The number of nitriles is 1. The minimum atomic E-state index is 0.273. The molecule has 0 aliphatic carbocycles. The highest BCUT2D eigenvalue weighted by molar-refractivity contribution is 5.46. The smallest absolute Gasteiger partial charge is 0.182 e. The van der Waals surface area contributed by atoms with Crippen molar-refractivity contribution in [3.8, 4) is 6.07 Å². The quantitative estimate of drug-likeness (QED) is 0.816. The molecule has 0 radical (unpaired) electrons. The molecule has 2 rings (SSSR count). The zero-order chi connectivity index (χ0) is 12.1. The van der Waals surface area contributed by atoms with Gasteiger partial charge in [0.2, 0.25) is 0 Å². The lowest BCUT2D eigenvalue weighted by Crippen LogP contribution is -2.39. The molecular weight excluding hydrogens is 214 g/mol. The molecule has 0 atom stereocenters. The Morgan fingerprint density at radius 1 is 1.41 bits per heavy atom. The maximum atomic E-state index is 8.92. The van der Waals surface area contributed by atoms with Gasteiger partial charge in [0.15, 0.2) is 11.5 Å². The van der Waals surface area contributed by atoms with Crippen molar-refractivity contribution < 1.29 is 0 Å². The molecule has 0 unspecified atom stereocenters. The van der Waals surface area contributed by atoms with Gasteiger partial charge in [0.05, 0.1) is 0 Å². The molecule has 0 saturated carbocycles. The van der Waals surface area contributed by atoms with Gasteiger partial charge >= 0.3 is 0 Å². The highest BCUT2D eigenvalue weighted by Crippen LogP contribution is 2.28. The standard InChI is InChI=1S/C12H17N5/c1-12(2-4-14-5-3-12)9-17-11-10(8-13)15-6-7-16-11/h6-7,14H,2-5,9H2,1H3,(H,16,17). The van der Waals surface area contributed by atoms with E-state index in [2.05, 4.69) is 27.5 Å². The summed E-state index contributed by atoms with van der Waals surface area (Å²) in [5.74, 6) is 0.592. The molecule has 2 heterocycles. The number of nitrogens with zero attached hydrogens (tertiary/aromatic N) is 3. The lowest BCUT2D eigenvalue weighted by molar-refractivity contribution is 0.247. The third kappa shape index (κ3) is 2.92. The average molecular weight is 231 g/mol. The molecule has 17 heavy (non-hydrogen) atoms. The SMILES string of the molecule is CC1(CNc2nccnc2C#N)CCNCC1. The van der Waals surface area contributed by atoms with E-state index in [0.29, 0.717) is 11.5 Å². The number of anilines is 1. The van der Waals surface area contributed by atoms with Crippen LogP contribution in [0, 0.1) is 16.7 Å². The molecule has 1 aliphatic rings. The minimum Gasteiger partial charge on any atom is -0.367 e. The summed E-state index contributed by atoms with van der Waals surface area (Å²) >= 11 is 0.